The fraction of sp³-hybridized carbons (Fsp3) is 0.471. The Morgan fingerprint density at radius 3 is 2.80 bits per heavy atom. The Bertz CT molecular complexity index is 476. The molecule has 0 saturated heterocycles. The maximum Gasteiger partial charge on any atom is 0.246 e. The van der Waals surface area contributed by atoms with Crippen molar-refractivity contribution in [3.63, 3.8) is 0 Å². The molecule has 1 N–H and O–H groups in total. The Kier molecular flexibility index (Phi) is 5.36. The number of carbonyl (C=O) groups is 1. The predicted octanol–water partition coefficient (Wildman–Crippen LogP) is 2.77. The minimum atomic E-state index is 0.00690. The van der Waals surface area contributed by atoms with E-state index in [-0.39, 0.29) is 12.5 Å². The van der Waals surface area contributed by atoms with Gasteiger partial charge in [-0.1, -0.05) is 42.7 Å². The molecule has 0 bridgehead atoms. The van der Waals surface area contributed by atoms with E-state index >= 15 is 0 Å². The standard InChI is InChI=1S/C17H23NO2/c1-14-5-4-6-15(13-14)9-10-17(20)18(11-12-19)16-7-2-3-8-16/h4-6,9-10,13,16,19H,2-3,7-8,11-12H2,1H3. The van der Waals surface area contributed by atoms with E-state index in [2.05, 4.69) is 6.07 Å². The lowest BCUT2D eigenvalue weighted by atomic mass is 10.1. The summed E-state index contributed by atoms with van der Waals surface area (Å²) >= 11 is 0. The maximum atomic E-state index is 12.3. The van der Waals surface area contributed by atoms with Crippen LogP contribution in [0.5, 0.6) is 0 Å². The zero-order valence-electron chi connectivity index (χ0n) is 12.1. The smallest absolute Gasteiger partial charge is 0.246 e. The molecule has 20 heavy (non-hydrogen) atoms. The summed E-state index contributed by atoms with van der Waals surface area (Å²) in [5.74, 6) is 0.00690. The first-order valence-corrected chi connectivity index (χ1v) is 7.37. The van der Waals surface area contributed by atoms with E-state index in [1.807, 2.05) is 36.1 Å². The van der Waals surface area contributed by atoms with Gasteiger partial charge in [0.05, 0.1) is 6.61 Å². The van der Waals surface area contributed by atoms with E-state index in [1.54, 1.807) is 6.08 Å². The first-order chi connectivity index (χ1) is 9.70. The molecule has 1 fully saturated rings. The molecular weight excluding hydrogens is 250 g/mol. The number of carbonyl (C=O) groups excluding carboxylic acids is 1. The van der Waals surface area contributed by atoms with Crippen LogP contribution in [0.15, 0.2) is 30.3 Å². The molecule has 3 heteroatoms. The van der Waals surface area contributed by atoms with Crippen LogP contribution in [0.25, 0.3) is 6.08 Å². The molecule has 1 aliphatic rings. The second-order valence-corrected chi connectivity index (χ2v) is 5.44. The summed E-state index contributed by atoms with van der Waals surface area (Å²) in [6.07, 6.45) is 7.97. The first-order valence-electron chi connectivity index (χ1n) is 7.37. The van der Waals surface area contributed by atoms with Crippen molar-refractivity contribution in [3.05, 3.63) is 41.5 Å². The highest BCUT2D eigenvalue weighted by Gasteiger charge is 2.24. The second-order valence-electron chi connectivity index (χ2n) is 5.44. The maximum absolute atomic E-state index is 12.3. The number of benzene rings is 1. The van der Waals surface area contributed by atoms with Gasteiger partial charge in [-0.3, -0.25) is 4.79 Å². The van der Waals surface area contributed by atoms with Crippen molar-refractivity contribution in [2.75, 3.05) is 13.2 Å². The van der Waals surface area contributed by atoms with Crippen LogP contribution in [-0.4, -0.2) is 35.1 Å². The lowest BCUT2D eigenvalue weighted by molar-refractivity contribution is -0.128. The van der Waals surface area contributed by atoms with Crippen LogP contribution >= 0.6 is 0 Å². The molecule has 1 aromatic carbocycles. The van der Waals surface area contributed by atoms with Gasteiger partial charge in [0, 0.05) is 18.7 Å². The van der Waals surface area contributed by atoms with Gasteiger partial charge in [-0.2, -0.15) is 0 Å². The van der Waals surface area contributed by atoms with E-state index in [0.29, 0.717) is 12.6 Å². The molecule has 0 atom stereocenters. The van der Waals surface area contributed by atoms with Gasteiger partial charge in [-0.25, -0.2) is 0 Å². The lowest BCUT2D eigenvalue weighted by Crippen LogP contribution is -2.39. The fourth-order valence-corrected chi connectivity index (χ4v) is 2.83. The van der Waals surface area contributed by atoms with Gasteiger partial charge in [0.25, 0.3) is 0 Å². The highest BCUT2D eigenvalue weighted by atomic mass is 16.3. The van der Waals surface area contributed by atoms with Gasteiger partial charge in [-0.15, -0.1) is 0 Å². The molecule has 0 aromatic heterocycles. The van der Waals surface area contributed by atoms with Crippen LogP contribution in [0.2, 0.25) is 0 Å². The number of amides is 1. The number of hydrogen-bond acceptors (Lipinski definition) is 2. The third-order valence-corrected chi connectivity index (χ3v) is 3.85. The summed E-state index contributed by atoms with van der Waals surface area (Å²) in [4.78, 5) is 14.1. The normalized spacial score (nSPS) is 15.9. The molecule has 0 heterocycles. The van der Waals surface area contributed by atoms with Crippen LogP contribution in [-0.2, 0) is 4.79 Å². The number of aliphatic hydroxyl groups excluding tert-OH is 1. The Morgan fingerprint density at radius 2 is 2.15 bits per heavy atom. The second kappa shape index (κ2) is 7.25. The quantitative estimate of drug-likeness (QED) is 0.838. The molecule has 1 aromatic rings. The Hall–Kier alpha value is -1.61. The third kappa shape index (κ3) is 3.94. The van der Waals surface area contributed by atoms with Crippen LogP contribution in [0.4, 0.5) is 0 Å². The van der Waals surface area contributed by atoms with Gasteiger partial charge in [-0.05, 0) is 31.4 Å². The number of aryl methyl sites for hydroxylation is 1. The summed E-state index contributed by atoms with van der Waals surface area (Å²) in [5.41, 5.74) is 2.22. The van der Waals surface area contributed by atoms with Crippen LogP contribution in [0.3, 0.4) is 0 Å². The number of rotatable bonds is 5. The molecule has 0 aliphatic heterocycles. The average Bonchev–Trinajstić information content (AvgIpc) is 2.96. The lowest BCUT2D eigenvalue weighted by Gasteiger charge is -2.27. The fourth-order valence-electron chi connectivity index (χ4n) is 2.83. The molecule has 108 valence electrons. The Balaban J connectivity index is 2.03. The van der Waals surface area contributed by atoms with Crippen molar-refractivity contribution in [2.45, 2.75) is 38.6 Å². The summed E-state index contributed by atoms with van der Waals surface area (Å²) in [7, 11) is 0. The van der Waals surface area contributed by atoms with Gasteiger partial charge < -0.3 is 10.0 Å². The van der Waals surface area contributed by atoms with E-state index in [0.717, 1.165) is 18.4 Å². The van der Waals surface area contributed by atoms with Crippen LogP contribution in [0.1, 0.15) is 36.8 Å². The predicted molar refractivity (Wildman–Crippen MR) is 81.3 cm³/mol. The summed E-state index contributed by atoms with van der Waals surface area (Å²) < 4.78 is 0. The van der Waals surface area contributed by atoms with Gasteiger partial charge in [0.15, 0.2) is 0 Å². The molecule has 0 spiro atoms. The minimum absolute atomic E-state index is 0.00690. The van der Waals surface area contributed by atoms with E-state index in [4.69, 9.17) is 5.11 Å². The third-order valence-electron chi connectivity index (χ3n) is 3.85. The number of nitrogens with zero attached hydrogens (tertiary/aromatic N) is 1. The molecular formula is C17H23NO2. The Morgan fingerprint density at radius 1 is 1.40 bits per heavy atom. The van der Waals surface area contributed by atoms with Gasteiger partial charge in [0.2, 0.25) is 5.91 Å². The average molecular weight is 273 g/mol. The van der Waals surface area contributed by atoms with Crippen molar-refractivity contribution in [1.29, 1.82) is 0 Å². The SMILES string of the molecule is Cc1cccc(C=CC(=O)N(CCO)C2CCCC2)c1. The minimum Gasteiger partial charge on any atom is -0.395 e. The van der Waals surface area contributed by atoms with Crippen molar-refractivity contribution in [1.82, 2.24) is 4.90 Å². The van der Waals surface area contributed by atoms with Crippen molar-refractivity contribution < 1.29 is 9.90 Å². The van der Waals surface area contributed by atoms with E-state index < -0.39 is 0 Å². The summed E-state index contributed by atoms with van der Waals surface area (Å²) in [5, 5.41) is 9.15. The summed E-state index contributed by atoms with van der Waals surface area (Å²) in [6, 6.07) is 8.37. The van der Waals surface area contributed by atoms with Crippen LogP contribution < -0.4 is 0 Å². The zero-order valence-corrected chi connectivity index (χ0v) is 12.1. The molecule has 0 unspecified atom stereocenters. The van der Waals surface area contributed by atoms with Crippen LogP contribution in [0, 0.1) is 6.92 Å². The monoisotopic (exact) mass is 273 g/mol. The van der Waals surface area contributed by atoms with Gasteiger partial charge in [0.1, 0.15) is 0 Å². The number of aliphatic hydroxyl groups is 1. The molecule has 1 amide bonds. The first kappa shape index (κ1) is 14.8. The molecule has 1 saturated carbocycles. The highest BCUT2D eigenvalue weighted by Crippen LogP contribution is 2.23. The zero-order chi connectivity index (χ0) is 14.4. The van der Waals surface area contributed by atoms with E-state index in [9.17, 15) is 4.79 Å². The molecule has 1 aliphatic carbocycles. The topological polar surface area (TPSA) is 40.5 Å². The van der Waals surface area contributed by atoms with Crippen molar-refractivity contribution in [3.8, 4) is 0 Å². The molecule has 3 nitrogen and oxygen atoms in total. The molecule has 2 rings (SSSR count). The van der Waals surface area contributed by atoms with Crippen molar-refractivity contribution in [2.24, 2.45) is 0 Å². The Labute approximate surface area is 120 Å². The van der Waals surface area contributed by atoms with Gasteiger partial charge >= 0.3 is 0 Å². The molecule has 0 radical (unpaired) electrons. The highest BCUT2D eigenvalue weighted by molar-refractivity contribution is 5.92. The number of hydrogen-bond donors (Lipinski definition) is 1. The summed E-state index contributed by atoms with van der Waals surface area (Å²) in [6.45, 7) is 2.50. The van der Waals surface area contributed by atoms with E-state index in [1.165, 1.54) is 18.4 Å². The largest absolute Gasteiger partial charge is 0.395 e. The van der Waals surface area contributed by atoms with Crippen molar-refractivity contribution >= 4 is 12.0 Å².